The largest absolute Gasteiger partial charge is 0.468 e. The van der Waals surface area contributed by atoms with E-state index in [1.807, 2.05) is 30.3 Å². The first-order valence-electron chi connectivity index (χ1n) is 4.99. The number of carbonyl (C=O) groups excluding carboxylic acids is 2. The van der Waals surface area contributed by atoms with E-state index in [9.17, 15) is 9.59 Å². The van der Waals surface area contributed by atoms with Gasteiger partial charge >= 0.3 is 5.97 Å². The van der Waals surface area contributed by atoms with Crippen LogP contribution in [0.4, 0.5) is 0 Å². The van der Waals surface area contributed by atoms with Crippen LogP contribution in [0.1, 0.15) is 12.5 Å². The monoisotopic (exact) mass is 221 g/mol. The fraction of sp³-hybridized carbons (Fsp3) is 0.333. The zero-order valence-corrected chi connectivity index (χ0v) is 9.47. The number of hydrogen-bond donors (Lipinski definition) is 0. The second-order valence-electron chi connectivity index (χ2n) is 3.44. The predicted octanol–water partition coefficient (Wildman–Crippen LogP) is 1.21. The minimum atomic E-state index is -0.411. The summed E-state index contributed by atoms with van der Waals surface area (Å²) in [6, 6.07) is 9.51. The van der Waals surface area contributed by atoms with Crippen molar-refractivity contribution in [2.45, 2.75) is 13.5 Å². The van der Waals surface area contributed by atoms with Crippen LogP contribution in [0.2, 0.25) is 0 Å². The van der Waals surface area contributed by atoms with Gasteiger partial charge in [-0.3, -0.25) is 9.59 Å². The number of methoxy groups -OCH3 is 1. The molecule has 0 fully saturated rings. The van der Waals surface area contributed by atoms with Gasteiger partial charge in [0.05, 0.1) is 7.11 Å². The summed E-state index contributed by atoms with van der Waals surface area (Å²) in [6.07, 6.45) is 0. The van der Waals surface area contributed by atoms with Gasteiger partial charge in [-0.15, -0.1) is 0 Å². The molecule has 0 aromatic heterocycles. The quantitative estimate of drug-likeness (QED) is 0.718. The summed E-state index contributed by atoms with van der Waals surface area (Å²) in [5.74, 6) is -0.555. The zero-order chi connectivity index (χ0) is 12.0. The van der Waals surface area contributed by atoms with Crippen molar-refractivity contribution in [2.24, 2.45) is 0 Å². The van der Waals surface area contributed by atoms with Gasteiger partial charge in [-0.1, -0.05) is 30.3 Å². The second-order valence-corrected chi connectivity index (χ2v) is 3.44. The number of nitrogens with zero attached hydrogens (tertiary/aromatic N) is 1. The molecule has 0 saturated carbocycles. The van der Waals surface area contributed by atoms with Gasteiger partial charge in [0, 0.05) is 13.5 Å². The number of ether oxygens (including phenoxy) is 1. The van der Waals surface area contributed by atoms with Gasteiger partial charge < -0.3 is 9.64 Å². The summed E-state index contributed by atoms with van der Waals surface area (Å²) < 4.78 is 4.54. The Hall–Kier alpha value is -1.84. The third kappa shape index (κ3) is 3.73. The smallest absolute Gasteiger partial charge is 0.325 e. The molecule has 0 aliphatic rings. The standard InChI is InChI=1S/C12H15NO3/c1-10(14)13(9-12(15)16-2)8-11-6-4-3-5-7-11/h3-7H,8-9H2,1-2H3. The van der Waals surface area contributed by atoms with Crippen molar-refractivity contribution in [1.82, 2.24) is 4.90 Å². The van der Waals surface area contributed by atoms with Crippen molar-refractivity contribution in [3.63, 3.8) is 0 Å². The lowest BCUT2D eigenvalue weighted by Gasteiger charge is -2.19. The lowest BCUT2D eigenvalue weighted by atomic mass is 10.2. The Balaban J connectivity index is 2.65. The molecule has 0 saturated heterocycles. The lowest BCUT2D eigenvalue weighted by molar-refractivity contribution is -0.146. The molecule has 4 nitrogen and oxygen atoms in total. The van der Waals surface area contributed by atoms with Crippen LogP contribution in [-0.4, -0.2) is 30.4 Å². The maximum atomic E-state index is 11.3. The number of rotatable bonds is 4. The molecule has 1 aromatic rings. The number of hydrogen-bond acceptors (Lipinski definition) is 3. The Morgan fingerprint density at radius 2 is 1.88 bits per heavy atom. The van der Waals surface area contributed by atoms with Crippen LogP contribution in [-0.2, 0) is 20.9 Å². The normalized spacial score (nSPS) is 9.62. The fourth-order valence-electron chi connectivity index (χ4n) is 1.30. The summed E-state index contributed by atoms with van der Waals surface area (Å²) in [5.41, 5.74) is 0.988. The van der Waals surface area contributed by atoms with Crippen molar-refractivity contribution in [2.75, 3.05) is 13.7 Å². The summed E-state index contributed by atoms with van der Waals surface area (Å²) in [6.45, 7) is 1.85. The molecule has 0 heterocycles. The SMILES string of the molecule is COC(=O)CN(Cc1ccccc1)C(C)=O. The van der Waals surface area contributed by atoms with E-state index < -0.39 is 5.97 Å². The molecule has 0 unspecified atom stereocenters. The third-order valence-corrected chi connectivity index (χ3v) is 2.21. The fourth-order valence-corrected chi connectivity index (χ4v) is 1.30. The molecule has 86 valence electrons. The first-order valence-corrected chi connectivity index (χ1v) is 4.99. The van der Waals surface area contributed by atoms with E-state index in [1.54, 1.807) is 0 Å². The Morgan fingerprint density at radius 1 is 1.25 bits per heavy atom. The van der Waals surface area contributed by atoms with Crippen molar-refractivity contribution in [1.29, 1.82) is 0 Å². The summed E-state index contributed by atoms with van der Waals surface area (Å²) in [7, 11) is 1.31. The average molecular weight is 221 g/mol. The first-order chi connectivity index (χ1) is 7.63. The van der Waals surface area contributed by atoms with E-state index in [0.29, 0.717) is 6.54 Å². The van der Waals surface area contributed by atoms with Crippen LogP contribution in [0.15, 0.2) is 30.3 Å². The van der Waals surface area contributed by atoms with Crippen LogP contribution in [0.5, 0.6) is 0 Å². The van der Waals surface area contributed by atoms with Crippen molar-refractivity contribution >= 4 is 11.9 Å². The van der Waals surface area contributed by atoms with Gasteiger partial charge in [-0.2, -0.15) is 0 Å². The van der Waals surface area contributed by atoms with Crippen molar-refractivity contribution in [3.8, 4) is 0 Å². The molecule has 0 aliphatic carbocycles. The molecule has 0 radical (unpaired) electrons. The third-order valence-electron chi connectivity index (χ3n) is 2.21. The molecule has 0 spiro atoms. The van der Waals surface area contributed by atoms with Crippen LogP contribution in [0.25, 0.3) is 0 Å². The number of esters is 1. The van der Waals surface area contributed by atoms with Crippen LogP contribution < -0.4 is 0 Å². The highest BCUT2D eigenvalue weighted by molar-refractivity contribution is 5.80. The van der Waals surface area contributed by atoms with Crippen LogP contribution >= 0.6 is 0 Å². The van der Waals surface area contributed by atoms with E-state index in [-0.39, 0.29) is 12.5 Å². The minimum absolute atomic E-state index is 0.0132. The molecule has 0 N–H and O–H groups in total. The summed E-state index contributed by atoms with van der Waals surface area (Å²) in [4.78, 5) is 23.9. The highest BCUT2D eigenvalue weighted by atomic mass is 16.5. The van der Waals surface area contributed by atoms with Gasteiger partial charge in [0.15, 0.2) is 0 Å². The topological polar surface area (TPSA) is 46.6 Å². The van der Waals surface area contributed by atoms with E-state index in [2.05, 4.69) is 4.74 Å². The van der Waals surface area contributed by atoms with Gasteiger partial charge in [0.1, 0.15) is 6.54 Å². The Morgan fingerprint density at radius 3 is 2.38 bits per heavy atom. The second kappa shape index (κ2) is 5.90. The molecule has 0 bridgehead atoms. The predicted molar refractivity (Wildman–Crippen MR) is 59.5 cm³/mol. The van der Waals surface area contributed by atoms with E-state index in [0.717, 1.165) is 5.56 Å². The lowest BCUT2D eigenvalue weighted by Crippen LogP contribution is -2.33. The Kier molecular flexibility index (Phi) is 4.51. The number of benzene rings is 1. The highest BCUT2D eigenvalue weighted by Crippen LogP contribution is 2.04. The average Bonchev–Trinajstić information content (AvgIpc) is 2.29. The molecule has 16 heavy (non-hydrogen) atoms. The van der Waals surface area contributed by atoms with Crippen molar-refractivity contribution < 1.29 is 14.3 Å². The zero-order valence-electron chi connectivity index (χ0n) is 9.47. The summed E-state index contributed by atoms with van der Waals surface area (Å²) >= 11 is 0. The molecule has 4 heteroatoms. The van der Waals surface area contributed by atoms with E-state index >= 15 is 0 Å². The highest BCUT2D eigenvalue weighted by Gasteiger charge is 2.13. The molecule has 1 amide bonds. The Labute approximate surface area is 94.8 Å². The molecular formula is C12H15NO3. The van der Waals surface area contributed by atoms with Gasteiger partial charge in [0.25, 0.3) is 0 Å². The molecule has 1 aromatic carbocycles. The van der Waals surface area contributed by atoms with Gasteiger partial charge in [0.2, 0.25) is 5.91 Å². The van der Waals surface area contributed by atoms with Gasteiger partial charge in [-0.25, -0.2) is 0 Å². The molecule has 1 rings (SSSR count). The maximum Gasteiger partial charge on any atom is 0.325 e. The Bertz CT molecular complexity index is 362. The van der Waals surface area contributed by atoms with Crippen molar-refractivity contribution in [3.05, 3.63) is 35.9 Å². The first kappa shape index (κ1) is 12.2. The molecule has 0 aliphatic heterocycles. The molecule has 0 atom stereocenters. The van der Waals surface area contributed by atoms with E-state index in [4.69, 9.17) is 0 Å². The minimum Gasteiger partial charge on any atom is -0.468 e. The maximum absolute atomic E-state index is 11.3. The molecular weight excluding hydrogens is 206 g/mol. The number of carbonyl (C=O) groups is 2. The van der Waals surface area contributed by atoms with E-state index in [1.165, 1.54) is 18.9 Å². The number of amides is 1. The van der Waals surface area contributed by atoms with Crippen LogP contribution in [0, 0.1) is 0 Å². The van der Waals surface area contributed by atoms with Crippen LogP contribution in [0.3, 0.4) is 0 Å². The van der Waals surface area contributed by atoms with Gasteiger partial charge in [-0.05, 0) is 5.56 Å². The summed E-state index contributed by atoms with van der Waals surface area (Å²) in [5, 5.41) is 0.